The minimum Gasteiger partial charge on any atom is -0.485 e. The molecule has 1 aromatic heterocycles. The third-order valence-electron chi connectivity index (χ3n) is 3.61. The number of ether oxygens (including phenoxy) is 1. The highest BCUT2D eigenvalue weighted by molar-refractivity contribution is 6.05. The van der Waals surface area contributed by atoms with E-state index in [2.05, 4.69) is 15.6 Å². The van der Waals surface area contributed by atoms with Gasteiger partial charge < -0.3 is 26.1 Å². The van der Waals surface area contributed by atoms with Crippen LogP contribution in [0.25, 0.3) is 0 Å². The van der Waals surface area contributed by atoms with Crippen molar-refractivity contribution in [2.45, 2.75) is 6.61 Å². The number of carbonyl (C=O) groups excluding carboxylic acids is 2. The van der Waals surface area contributed by atoms with Gasteiger partial charge in [0.15, 0.2) is 5.75 Å². The van der Waals surface area contributed by atoms with Gasteiger partial charge in [-0.05, 0) is 23.8 Å². The average Bonchev–Trinajstić information content (AvgIpc) is 3.16. The molecule has 7 nitrogen and oxygen atoms in total. The van der Waals surface area contributed by atoms with Gasteiger partial charge in [-0.15, -0.1) is 0 Å². The Morgan fingerprint density at radius 2 is 1.69 bits per heavy atom. The van der Waals surface area contributed by atoms with Crippen molar-refractivity contribution < 1.29 is 14.3 Å². The zero-order valence-corrected chi connectivity index (χ0v) is 13.9. The Hall–Kier alpha value is -3.74. The van der Waals surface area contributed by atoms with E-state index in [9.17, 15) is 9.59 Å². The summed E-state index contributed by atoms with van der Waals surface area (Å²) in [4.78, 5) is 26.4. The number of aromatic nitrogens is 1. The number of rotatable bonds is 6. The molecule has 3 aromatic rings. The van der Waals surface area contributed by atoms with Crippen molar-refractivity contribution in [3.05, 3.63) is 78.1 Å². The summed E-state index contributed by atoms with van der Waals surface area (Å²) in [7, 11) is 0. The second-order valence-electron chi connectivity index (χ2n) is 5.50. The molecular formula is C19H18N4O3. The summed E-state index contributed by atoms with van der Waals surface area (Å²) in [5.74, 6) is 0.0334. The van der Waals surface area contributed by atoms with Gasteiger partial charge in [-0.25, -0.2) is 4.79 Å². The minimum atomic E-state index is -0.719. The van der Waals surface area contributed by atoms with Gasteiger partial charge in [0.1, 0.15) is 6.61 Å². The molecule has 7 heteroatoms. The van der Waals surface area contributed by atoms with Crippen molar-refractivity contribution in [2.24, 2.45) is 5.73 Å². The lowest BCUT2D eigenvalue weighted by Crippen LogP contribution is -2.20. The number of anilines is 2. The lowest BCUT2D eigenvalue weighted by atomic mass is 10.2. The summed E-state index contributed by atoms with van der Waals surface area (Å²) in [6.45, 7) is 0.269. The zero-order valence-electron chi connectivity index (χ0n) is 13.9. The van der Waals surface area contributed by atoms with Crippen LogP contribution in [0.4, 0.5) is 16.2 Å². The summed E-state index contributed by atoms with van der Waals surface area (Å²) in [6, 6.07) is 15.5. The van der Waals surface area contributed by atoms with Crippen molar-refractivity contribution in [3.8, 4) is 5.75 Å². The van der Waals surface area contributed by atoms with E-state index in [1.165, 1.54) is 0 Å². The van der Waals surface area contributed by atoms with Gasteiger partial charge in [0, 0.05) is 12.4 Å². The second-order valence-corrected chi connectivity index (χ2v) is 5.50. The van der Waals surface area contributed by atoms with Crippen LogP contribution >= 0.6 is 0 Å². The first-order valence-electron chi connectivity index (χ1n) is 7.94. The standard InChI is InChI=1S/C19H18N4O3/c20-19(25)23-16-8-4-7-15(22-18(24)14-9-10-21-11-14)17(16)26-12-13-5-2-1-3-6-13/h1-11,21H,12H2,(H,22,24)(H3,20,23,25). The molecule has 1 heterocycles. The van der Waals surface area contributed by atoms with Crippen LogP contribution in [-0.2, 0) is 6.61 Å². The lowest BCUT2D eigenvalue weighted by molar-refractivity contribution is 0.102. The van der Waals surface area contributed by atoms with Crippen LogP contribution in [0.3, 0.4) is 0 Å². The Kier molecular flexibility index (Phi) is 5.19. The largest absolute Gasteiger partial charge is 0.485 e. The van der Waals surface area contributed by atoms with E-state index in [0.29, 0.717) is 22.7 Å². The zero-order chi connectivity index (χ0) is 18.4. The number of para-hydroxylation sites is 1. The quantitative estimate of drug-likeness (QED) is 0.547. The number of amides is 3. The van der Waals surface area contributed by atoms with E-state index in [0.717, 1.165) is 5.56 Å². The summed E-state index contributed by atoms with van der Waals surface area (Å²) in [5, 5.41) is 5.30. The topological polar surface area (TPSA) is 109 Å². The summed E-state index contributed by atoms with van der Waals surface area (Å²) in [5.41, 5.74) is 7.46. The SMILES string of the molecule is NC(=O)Nc1cccc(NC(=O)c2cc[nH]c2)c1OCc1ccccc1. The van der Waals surface area contributed by atoms with Crippen molar-refractivity contribution in [3.63, 3.8) is 0 Å². The molecule has 0 radical (unpaired) electrons. The highest BCUT2D eigenvalue weighted by Crippen LogP contribution is 2.34. The number of hydrogen-bond acceptors (Lipinski definition) is 3. The molecule has 0 fully saturated rings. The Morgan fingerprint density at radius 3 is 2.35 bits per heavy atom. The molecule has 0 spiro atoms. The Bertz CT molecular complexity index is 892. The Labute approximate surface area is 150 Å². The third kappa shape index (κ3) is 4.21. The first-order chi connectivity index (χ1) is 12.6. The summed E-state index contributed by atoms with van der Waals surface area (Å²) >= 11 is 0. The van der Waals surface area contributed by atoms with Gasteiger partial charge >= 0.3 is 6.03 Å². The fourth-order valence-corrected chi connectivity index (χ4v) is 2.41. The first kappa shape index (κ1) is 17.1. The number of urea groups is 1. The molecule has 2 aromatic carbocycles. The number of nitrogens with two attached hydrogens (primary N) is 1. The number of carbonyl (C=O) groups is 2. The molecule has 0 unspecified atom stereocenters. The van der Waals surface area contributed by atoms with Crippen LogP contribution in [0.15, 0.2) is 67.0 Å². The molecule has 0 atom stereocenters. The normalized spacial score (nSPS) is 10.2. The summed E-state index contributed by atoms with van der Waals surface area (Å²) < 4.78 is 5.88. The number of H-pyrrole nitrogens is 1. The van der Waals surface area contributed by atoms with E-state index in [4.69, 9.17) is 10.5 Å². The van der Waals surface area contributed by atoms with Crippen LogP contribution in [0.1, 0.15) is 15.9 Å². The van der Waals surface area contributed by atoms with E-state index < -0.39 is 6.03 Å². The van der Waals surface area contributed by atoms with E-state index >= 15 is 0 Å². The monoisotopic (exact) mass is 350 g/mol. The van der Waals surface area contributed by atoms with E-state index in [-0.39, 0.29) is 12.5 Å². The predicted octanol–water partition coefficient (Wildman–Crippen LogP) is 3.34. The molecule has 26 heavy (non-hydrogen) atoms. The Balaban J connectivity index is 1.87. The smallest absolute Gasteiger partial charge is 0.316 e. The molecule has 3 amide bonds. The molecule has 0 saturated heterocycles. The molecular weight excluding hydrogens is 332 g/mol. The number of aromatic amines is 1. The van der Waals surface area contributed by atoms with Crippen LogP contribution in [0.5, 0.6) is 5.75 Å². The fourth-order valence-electron chi connectivity index (χ4n) is 2.41. The molecule has 0 bridgehead atoms. The van der Waals surface area contributed by atoms with Crippen molar-refractivity contribution in [1.29, 1.82) is 0 Å². The maximum absolute atomic E-state index is 12.3. The maximum atomic E-state index is 12.3. The highest BCUT2D eigenvalue weighted by Gasteiger charge is 2.15. The number of hydrogen-bond donors (Lipinski definition) is 4. The van der Waals surface area contributed by atoms with Gasteiger partial charge in [-0.2, -0.15) is 0 Å². The third-order valence-corrected chi connectivity index (χ3v) is 3.61. The van der Waals surface area contributed by atoms with Gasteiger partial charge in [-0.3, -0.25) is 4.79 Å². The van der Waals surface area contributed by atoms with Gasteiger partial charge in [-0.1, -0.05) is 36.4 Å². The molecule has 132 valence electrons. The average molecular weight is 350 g/mol. The molecule has 3 rings (SSSR count). The molecule has 5 N–H and O–H groups in total. The van der Waals surface area contributed by atoms with Gasteiger partial charge in [0.05, 0.1) is 16.9 Å². The predicted molar refractivity (Wildman–Crippen MR) is 99.2 cm³/mol. The van der Waals surface area contributed by atoms with Crippen molar-refractivity contribution >= 4 is 23.3 Å². The van der Waals surface area contributed by atoms with Crippen LogP contribution in [0.2, 0.25) is 0 Å². The van der Waals surface area contributed by atoms with Crippen LogP contribution in [-0.4, -0.2) is 16.9 Å². The molecule has 0 aliphatic rings. The summed E-state index contributed by atoms with van der Waals surface area (Å²) in [6.07, 6.45) is 3.25. The molecule has 0 saturated carbocycles. The van der Waals surface area contributed by atoms with Crippen LogP contribution in [0, 0.1) is 0 Å². The fraction of sp³-hybridized carbons (Fsp3) is 0.0526. The van der Waals surface area contributed by atoms with E-state index in [1.807, 2.05) is 30.3 Å². The number of benzene rings is 2. The van der Waals surface area contributed by atoms with Crippen molar-refractivity contribution in [2.75, 3.05) is 10.6 Å². The van der Waals surface area contributed by atoms with Gasteiger partial charge in [0.2, 0.25) is 0 Å². The Morgan fingerprint density at radius 1 is 0.962 bits per heavy atom. The second kappa shape index (κ2) is 7.89. The first-order valence-corrected chi connectivity index (χ1v) is 7.94. The lowest BCUT2D eigenvalue weighted by Gasteiger charge is -2.16. The van der Waals surface area contributed by atoms with Crippen molar-refractivity contribution in [1.82, 2.24) is 4.98 Å². The minimum absolute atomic E-state index is 0.269. The van der Waals surface area contributed by atoms with Crippen LogP contribution < -0.4 is 21.1 Å². The molecule has 0 aliphatic heterocycles. The number of nitrogens with one attached hydrogen (secondary N) is 3. The number of primary amides is 1. The van der Waals surface area contributed by atoms with E-state index in [1.54, 1.807) is 36.7 Å². The molecule has 0 aliphatic carbocycles. The highest BCUT2D eigenvalue weighted by atomic mass is 16.5. The maximum Gasteiger partial charge on any atom is 0.316 e. The van der Waals surface area contributed by atoms with Gasteiger partial charge in [0.25, 0.3) is 5.91 Å².